The summed E-state index contributed by atoms with van der Waals surface area (Å²) in [5.41, 5.74) is 3.96. The maximum absolute atomic E-state index is 5.88. The van der Waals surface area contributed by atoms with Crippen molar-refractivity contribution in [2.45, 2.75) is 25.7 Å². The van der Waals surface area contributed by atoms with Gasteiger partial charge in [-0.05, 0) is 78.5 Å². The topological polar surface area (TPSA) is 28.3 Å². The minimum Gasteiger partial charge on any atom is -0.492 e. The third kappa shape index (κ3) is 3.81. The third-order valence-corrected chi connectivity index (χ3v) is 6.08. The maximum Gasteiger partial charge on any atom is 0.119 e. The maximum atomic E-state index is 5.88. The molecule has 3 aromatic rings. The molecule has 1 aromatic heterocycles. The molecule has 1 N–H and O–H groups in total. The number of hydrogen-bond acceptors (Lipinski definition) is 2. The molecule has 0 radical (unpaired) electrons. The first-order valence-corrected chi connectivity index (χ1v) is 10.2. The normalized spacial score (nSPS) is 16.2. The number of nitrogens with one attached hydrogen (secondary N) is 1. The Kier molecular flexibility index (Phi) is 5.32. The van der Waals surface area contributed by atoms with Crippen LogP contribution >= 0.6 is 15.9 Å². The largest absolute Gasteiger partial charge is 0.492 e. The zero-order valence-corrected chi connectivity index (χ0v) is 16.8. The quantitative estimate of drug-likeness (QED) is 0.599. The molecule has 0 spiro atoms. The number of piperidine rings is 1. The molecule has 0 bridgehead atoms. The lowest BCUT2D eigenvalue weighted by Crippen LogP contribution is -2.35. The lowest BCUT2D eigenvalue weighted by molar-refractivity contribution is 0.173. The molecule has 3 nitrogen and oxygen atoms in total. The molecule has 0 unspecified atom stereocenters. The van der Waals surface area contributed by atoms with Crippen molar-refractivity contribution in [3.05, 3.63) is 64.3 Å². The van der Waals surface area contributed by atoms with E-state index in [4.69, 9.17) is 4.74 Å². The Morgan fingerprint density at radius 1 is 1.12 bits per heavy atom. The zero-order chi connectivity index (χ0) is 17.9. The Hall–Kier alpha value is -1.78. The zero-order valence-electron chi connectivity index (χ0n) is 15.2. The summed E-state index contributed by atoms with van der Waals surface area (Å²) in [5.74, 6) is 1.61. The summed E-state index contributed by atoms with van der Waals surface area (Å²) in [6.45, 7) is 6.14. The molecule has 1 fully saturated rings. The first kappa shape index (κ1) is 17.6. The number of H-pyrrole nitrogens is 1. The third-order valence-electron chi connectivity index (χ3n) is 5.42. The Labute approximate surface area is 163 Å². The number of hydrogen-bond donors (Lipinski definition) is 1. The van der Waals surface area contributed by atoms with Crippen molar-refractivity contribution in [1.29, 1.82) is 0 Å². The van der Waals surface area contributed by atoms with Crippen LogP contribution in [-0.4, -0.2) is 36.1 Å². The van der Waals surface area contributed by atoms with Crippen LogP contribution < -0.4 is 4.74 Å². The van der Waals surface area contributed by atoms with Crippen molar-refractivity contribution in [1.82, 2.24) is 9.88 Å². The van der Waals surface area contributed by atoms with Crippen molar-refractivity contribution < 1.29 is 4.74 Å². The van der Waals surface area contributed by atoms with Gasteiger partial charge in [-0.1, -0.05) is 29.8 Å². The molecule has 0 saturated carbocycles. The molecule has 0 atom stereocenters. The van der Waals surface area contributed by atoms with Gasteiger partial charge in [0.1, 0.15) is 12.4 Å². The van der Waals surface area contributed by atoms with E-state index in [0.717, 1.165) is 36.5 Å². The number of halogens is 1. The van der Waals surface area contributed by atoms with E-state index < -0.39 is 0 Å². The number of fused-ring (bicyclic) bond motifs is 1. The Morgan fingerprint density at radius 2 is 1.88 bits per heavy atom. The van der Waals surface area contributed by atoms with Gasteiger partial charge >= 0.3 is 0 Å². The van der Waals surface area contributed by atoms with E-state index in [1.165, 1.54) is 34.9 Å². The number of nitrogens with zero attached hydrogens (tertiary/aromatic N) is 1. The predicted octanol–water partition coefficient (Wildman–Crippen LogP) is 5.50. The SMILES string of the molecule is Cc1ccc(OCCN2CCC(c3c[nH]c4c(Br)cccc34)CC2)cc1. The van der Waals surface area contributed by atoms with E-state index in [1.807, 2.05) is 0 Å². The smallest absolute Gasteiger partial charge is 0.119 e. The van der Waals surface area contributed by atoms with Crippen LogP contribution in [0.1, 0.15) is 29.9 Å². The summed E-state index contributed by atoms with van der Waals surface area (Å²) in [6, 6.07) is 14.8. The van der Waals surface area contributed by atoms with Gasteiger partial charge in [0, 0.05) is 22.6 Å². The van der Waals surface area contributed by atoms with Crippen LogP contribution in [0.15, 0.2) is 53.1 Å². The summed E-state index contributed by atoms with van der Waals surface area (Å²) in [4.78, 5) is 5.96. The number of benzene rings is 2. The van der Waals surface area contributed by atoms with Gasteiger partial charge in [-0.3, -0.25) is 4.90 Å². The van der Waals surface area contributed by atoms with Crippen LogP contribution in [0.5, 0.6) is 5.75 Å². The summed E-state index contributed by atoms with van der Waals surface area (Å²) < 4.78 is 7.03. The van der Waals surface area contributed by atoms with Crippen molar-refractivity contribution in [3.8, 4) is 5.75 Å². The number of likely N-dealkylation sites (tertiary alicyclic amines) is 1. The summed E-state index contributed by atoms with van der Waals surface area (Å²) >= 11 is 3.64. The van der Waals surface area contributed by atoms with E-state index in [1.54, 1.807) is 0 Å². The summed E-state index contributed by atoms with van der Waals surface area (Å²) in [7, 11) is 0. The highest BCUT2D eigenvalue weighted by Crippen LogP contribution is 2.35. The molecule has 4 rings (SSSR count). The monoisotopic (exact) mass is 412 g/mol. The fourth-order valence-corrected chi connectivity index (χ4v) is 4.35. The molecular weight excluding hydrogens is 388 g/mol. The highest BCUT2D eigenvalue weighted by Gasteiger charge is 2.23. The fraction of sp³-hybridized carbons (Fsp3) is 0.364. The van der Waals surface area contributed by atoms with Crippen LogP contribution in [0.25, 0.3) is 10.9 Å². The molecule has 1 saturated heterocycles. The Bertz CT molecular complexity index is 863. The molecule has 2 heterocycles. The molecule has 0 amide bonds. The number of para-hydroxylation sites is 1. The van der Waals surface area contributed by atoms with E-state index in [0.29, 0.717) is 5.92 Å². The van der Waals surface area contributed by atoms with Gasteiger partial charge in [0.05, 0.1) is 5.52 Å². The Morgan fingerprint density at radius 3 is 2.65 bits per heavy atom. The van der Waals surface area contributed by atoms with Crippen molar-refractivity contribution in [3.63, 3.8) is 0 Å². The predicted molar refractivity (Wildman–Crippen MR) is 111 cm³/mol. The van der Waals surface area contributed by atoms with Gasteiger partial charge < -0.3 is 9.72 Å². The average molecular weight is 413 g/mol. The van der Waals surface area contributed by atoms with Crippen LogP contribution in [0.3, 0.4) is 0 Å². The molecule has 2 aromatic carbocycles. The van der Waals surface area contributed by atoms with Gasteiger partial charge in [0.15, 0.2) is 0 Å². The molecule has 136 valence electrons. The minimum atomic E-state index is 0.646. The van der Waals surface area contributed by atoms with Gasteiger partial charge in [0.25, 0.3) is 0 Å². The molecule has 4 heteroatoms. The number of rotatable bonds is 5. The van der Waals surface area contributed by atoms with Crippen LogP contribution in [0.4, 0.5) is 0 Å². The number of aromatic amines is 1. The first-order valence-electron chi connectivity index (χ1n) is 9.38. The number of aryl methyl sites for hydroxylation is 1. The summed E-state index contributed by atoms with van der Waals surface area (Å²) in [5, 5.41) is 1.36. The standard InChI is InChI=1S/C22H25BrN2O/c1-16-5-7-18(8-6-16)26-14-13-25-11-9-17(10-12-25)20-15-24-22-19(20)3-2-4-21(22)23/h2-8,15,17,24H,9-14H2,1H3. The van der Waals surface area contributed by atoms with Crippen LogP contribution in [-0.2, 0) is 0 Å². The second kappa shape index (κ2) is 7.85. The summed E-state index contributed by atoms with van der Waals surface area (Å²) in [6.07, 6.45) is 4.63. The molecule has 0 aliphatic carbocycles. The highest BCUT2D eigenvalue weighted by atomic mass is 79.9. The van der Waals surface area contributed by atoms with Crippen molar-refractivity contribution in [2.75, 3.05) is 26.2 Å². The molecule has 1 aliphatic rings. The van der Waals surface area contributed by atoms with E-state index >= 15 is 0 Å². The van der Waals surface area contributed by atoms with Crippen molar-refractivity contribution >= 4 is 26.8 Å². The van der Waals surface area contributed by atoms with E-state index in [2.05, 4.69) is 81.4 Å². The second-order valence-corrected chi connectivity index (χ2v) is 8.04. The van der Waals surface area contributed by atoms with E-state index in [9.17, 15) is 0 Å². The Balaban J connectivity index is 1.30. The molecular formula is C22H25BrN2O. The van der Waals surface area contributed by atoms with Gasteiger partial charge in [0.2, 0.25) is 0 Å². The average Bonchev–Trinajstić information content (AvgIpc) is 3.10. The van der Waals surface area contributed by atoms with Gasteiger partial charge in [-0.25, -0.2) is 0 Å². The second-order valence-electron chi connectivity index (χ2n) is 7.18. The van der Waals surface area contributed by atoms with Crippen LogP contribution in [0.2, 0.25) is 0 Å². The minimum absolute atomic E-state index is 0.646. The van der Waals surface area contributed by atoms with Crippen LogP contribution in [0, 0.1) is 6.92 Å². The fourth-order valence-electron chi connectivity index (χ4n) is 3.87. The lowest BCUT2D eigenvalue weighted by Gasteiger charge is -2.31. The van der Waals surface area contributed by atoms with Gasteiger partial charge in [-0.2, -0.15) is 0 Å². The molecule has 26 heavy (non-hydrogen) atoms. The van der Waals surface area contributed by atoms with E-state index in [-0.39, 0.29) is 0 Å². The number of ether oxygens (including phenoxy) is 1. The number of aromatic nitrogens is 1. The van der Waals surface area contributed by atoms with Crippen molar-refractivity contribution in [2.24, 2.45) is 0 Å². The molecule has 1 aliphatic heterocycles. The first-order chi connectivity index (χ1) is 12.7. The highest BCUT2D eigenvalue weighted by molar-refractivity contribution is 9.10. The van der Waals surface area contributed by atoms with Gasteiger partial charge in [-0.15, -0.1) is 0 Å². The lowest BCUT2D eigenvalue weighted by atomic mass is 9.89.